The van der Waals surface area contributed by atoms with Crippen molar-refractivity contribution in [2.75, 3.05) is 27.9 Å². The SMILES string of the molecule is C1CC[SiH2]OC1.CO[Si](OC)(OC)c1ccccc1. The second-order valence-electron chi connectivity index (χ2n) is 4.21. The Morgan fingerprint density at radius 1 is 1.00 bits per heavy atom. The van der Waals surface area contributed by atoms with Gasteiger partial charge in [-0.2, -0.15) is 0 Å². The summed E-state index contributed by atoms with van der Waals surface area (Å²) in [6.07, 6.45) is 2.75. The van der Waals surface area contributed by atoms with Crippen molar-refractivity contribution in [3.63, 3.8) is 0 Å². The minimum Gasteiger partial charge on any atom is -0.424 e. The van der Waals surface area contributed by atoms with Crippen LogP contribution in [-0.4, -0.2) is 46.5 Å². The van der Waals surface area contributed by atoms with Crippen molar-refractivity contribution >= 4 is 23.8 Å². The maximum atomic E-state index is 5.32. The van der Waals surface area contributed by atoms with Crippen LogP contribution in [0.25, 0.3) is 0 Å². The van der Waals surface area contributed by atoms with Crippen molar-refractivity contribution in [2.24, 2.45) is 0 Å². The summed E-state index contributed by atoms with van der Waals surface area (Å²) < 4.78 is 21.2. The molecule has 0 atom stereocenters. The highest BCUT2D eigenvalue weighted by Gasteiger charge is 2.40. The third-order valence-electron chi connectivity index (χ3n) is 3.01. The van der Waals surface area contributed by atoms with Crippen molar-refractivity contribution in [1.82, 2.24) is 0 Å². The van der Waals surface area contributed by atoms with Crippen LogP contribution in [0.5, 0.6) is 0 Å². The van der Waals surface area contributed by atoms with Crippen molar-refractivity contribution in [1.29, 1.82) is 0 Å². The molecule has 2 rings (SSSR count). The maximum Gasteiger partial charge on any atom is 0.536 e. The highest BCUT2D eigenvalue weighted by Crippen LogP contribution is 2.05. The number of benzene rings is 1. The largest absolute Gasteiger partial charge is 0.536 e. The molecule has 0 aromatic heterocycles. The van der Waals surface area contributed by atoms with E-state index in [1.54, 1.807) is 21.3 Å². The highest BCUT2D eigenvalue weighted by atomic mass is 28.4. The summed E-state index contributed by atoms with van der Waals surface area (Å²) >= 11 is 0. The molecule has 0 saturated carbocycles. The van der Waals surface area contributed by atoms with E-state index in [0.717, 1.165) is 11.8 Å². The average Bonchev–Trinajstić information content (AvgIpc) is 2.53. The van der Waals surface area contributed by atoms with Crippen molar-refractivity contribution in [2.45, 2.75) is 18.9 Å². The molecule has 6 heteroatoms. The summed E-state index contributed by atoms with van der Waals surface area (Å²) in [5, 5.41) is 0.975. The summed E-state index contributed by atoms with van der Waals surface area (Å²) in [6, 6.07) is 11.1. The lowest BCUT2D eigenvalue weighted by molar-refractivity contribution is 0.140. The fraction of sp³-hybridized carbons (Fsp3) is 0.538. The van der Waals surface area contributed by atoms with Crippen LogP contribution >= 0.6 is 0 Å². The first-order valence-corrected chi connectivity index (χ1v) is 9.88. The minimum atomic E-state index is -2.59. The van der Waals surface area contributed by atoms with Gasteiger partial charge in [-0.15, -0.1) is 0 Å². The van der Waals surface area contributed by atoms with Crippen molar-refractivity contribution in [3.8, 4) is 0 Å². The third-order valence-corrected chi connectivity index (χ3v) is 7.03. The van der Waals surface area contributed by atoms with E-state index in [1.165, 1.54) is 18.9 Å². The number of rotatable bonds is 4. The van der Waals surface area contributed by atoms with E-state index < -0.39 is 8.80 Å². The van der Waals surface area contributed by atoms with E-state index in [-0.39, 0.29) is 9.76 Å². The lowest BCUT2D eigenvalue weighted by Gasteiger charge is -2.24. The molecule has 1 aromatic carbocycles. The van der Waals surface area contributed by atoms with Gasteiger partial charge in [0.15, 0.2) is 9.76 Å². The van der Waals surface area contributed by atoms with Gasteiger partial charge in [0.25, 0.3) is 0 Å². The second kappa shape index (κ2) is 9.41. The van der Waals surface area contributed by atoms with E-state index in [9.17, 15) is 0 Å². The van der Waals surface area contributed by atoms with Gasteiger partial charge in [-0.25, -0.2) is 0 Å². The molecule has 1 aliphatic heterocycles. The van der Waals surface area contributed by atoms with Gasteiger partial charge in [-0.05, 0) is 12.5 Å². The van der Waals surface area contributed by atoms with Gasteiger partial charge >= 0.3 is 8.80 Å². The van der Waals surface area contributed by atoms with E-state index >= 15 is 0 Å². The van der Waals surface area contributed by atoms with Crippen molar-refractivity contribution < 1.29 is 17.7 Å². The molecule has 19 heavy (non-hydrogen) atoms. The van der Waals surface area contributed by atoms with Crippen molar-refractivity contribution in [3.05, 3.63) is 30.3 Å². The van der Waals surface area contributed by atoms with Gasteiger partial charge in [-0.3, -0.25) is 0 Å². The lowest BCUT2D eigenvalue weighted by atomic mass is 10.4. The predicted molar refractivity (Wildman–Crippen MR) is 81.4 cm³/mol. The van der Waals surface area contributed by atoms with Gasteiger partial charge in [-0.1, -0.05) is 36.8 Å². The normalized spacial score (nSPS) is 16.8. The summed E-state index contributed by atoms with van der Waals surface area (Å²) in [7, 11) is 2.23. The molecule has 108 valence electrons. The Hall–Kier alpha value is -0.506. The molecule has 1 aliphatic rings. The molecule has 0 aliphatic carbocycles. The molecule has 4 nitrogen and oxygen atoms in total. The van der Waals surface area contributed by atoms with Gasteiger partial charge in [0.05, 0.1) is 0 Å². The lowest BCUT2D eigenvalue weighted by Crippen LogP contribution is -2.54. The van der Waals surface area contributed by atoms with Crippen LogP contribution in [0.1, 0.15) is 12.8 Å². The van der Waals surface area contributed by atoms with E-state index in [2.05, 4.69) is 0 Å². The Morgan fingerprint density at radius 3 is 1.95 bits per heavy atom. The minimum absolute atomic E-state index is 0.00849. The molecule has 0 N–H and O–H groups in total. The Balaban J connectivity index is 0.000000250. The van der Waals surface area contributed by atoms with Crippen LogP contribution in [-0.2, 0) is 17.7 Å². The van der Waals surface area contributed by atoms with Gasteiger partial charge in [0, 0.05) is 33.1 Å². The molecular formula is C13H24O4Si2. The molecule has 0 radical (unpaired) electrons. The molecule has 0 unspecified atom stereocenters. The summed E-state index contributed by atoms with van der Waals surface area (Å²) in [5.74, 6) is 0. The quantitative estimate of drug-likeness (QED) is 0.780. The topological polar surface area (TPSA) is 36.9 Å². The van der Waals surface area contributed by atoms with Crippen LogP contribution in [0.15, 0.2) is 30.3 Å². The summed E-state index contributed by atoms with van der Waals surface area (Å²) in [5.41, 5.74) is 0. The Kier molecular flexibility index (Phi) is 8.19. The molecular weight excluding hydrogens is 276 g/mol. The smallest absolute Gasteiger partial charge is 0.424 e. The molecule has 0 amide bonds. The molecule has 0 spiro atoms. The molecule has 1 saturated heterocycles. The zero-order valence-electron chi connectivity index (χ0n) is 12.1. The van der Waals surface area contributed by atoms with Gasteiger partial charge in [0.2, 0.25) is 0 Å². The first kappa shape index (κ1) is 16.5. The van der Waals surface area contributed by atoms with E-state index in [1.807, 2.05) is 30.3 Å². The average molecular weight is 301 g/mol. The second-order valence-corrected chi connectivity index (χ2v) is 8.65. The number of hydrogen-bond acceptors (Lipinski definition) is 4. The van der Waals surface area contributed by atoms with Crippen LogP contribution in [0.3, 0.4) is 0 Å². The maximum absolute atomic E-state index is 5.32. The Bertz CT molecular complexity index is 307. The fourth-order valence-corrected chi connectivity index (χ4v) is 4.91. The first-order valence-electron chi connectivity index (χ1n) is 6.58. The zero-order chi connectivity index (χ0) is 14.0. The fourth-order valence-electron chi connectivity index (χ4n) is 1.93. The standard InChI is InChI=1S/C9H14O3Si.C4H10OSi/c1-10-13(11-2,12-3)9-7-5-4-6-8-9;1-2-4-6-5-3-1/h4-8H,1-3H3;1-4,6H2. The monoisotopic (exact) mass is 300 g/mol. The highest BCUT2D eigenvalue weighted by molar-refractivity contribution is 6.75. The molecule has 0 bridgehead atoms. The van der Waals surface area contributed by atoms with Crippen LogP contribution in [0, 0.1) is 0 Å². The van der Waals surface area contributed by atoms with Crippen LogP contribution in [0.4, 0.5) is 0 Å². The predicted octanol–water partition coefficient (Wildman–Crippen LogP) is 1.07. The van der Waals surface area contributed by atoms with Crippen LogP contribution < -0.4 is 5.19 Å². The van der Waals surface area contributed by atoms with Crippen LogP contribution in [0.2, 0.25) is 6.04 Å². The Morgan fingerprint density at radius 2 is 1.63 bits per heavy atom. The van der Waals surface area contributed by atoms with Gasteiger partial charge < -0.3 is 17.7 Å². The zero-order valence-corrected chi connectivity index (χ0v) is 14.5. The summed E-state index contributed by atoms with van der Waals surface area (Å²) in [6.45, 7) is 1.06. The first-order chi connectivity index (χ1) is 9.29. The summed E-state index contributed by atoms with van der Waals surface area (Å²) in [4.78, 5) is 0. The number of hydrogen-bond donors (Lipinski definition) is 0. The Labute approximate surface area is 119 Å². The molecule has 1 fully saturated rings. The third kappa shape index (κ3) is 5.17. The van der Waals surface area contributed by atoms with E-state index in [0.29, 0.717) is 0 Å². The van der Waals surface area contributed by atoms with E-state index in [4.69, 9.17) is 17.7 Å². The molecule has 1 heterocycles. The molecule has 1 aromatic rings. The van der Waals surface area contributed by atoms with Gasteiger partial charge in [0.1, 0.15) is 0 Å².